The first kappa shape index (κ1) is 10.3. The fourth-order valence-electron chi connectivity index (χ4n) is 3.02. The van der Waals surface area contributed by atoms with Crippen molar-refractivity contribution in [3.8, 4) is 0 Å². The summed E-state index contributed by atoms with van der Waals surface area (Å²) in [4.78, 5) is 0. The van der Waals surface area contributed by atoms with E-state index in [2.05, 4.69) is 23.5 Å². The molecule has 1 aromatic rings. The van der Waals surface area contributed by atoms with E-state index >= 15 is 0 Å². The fraction of sp³-hybridized carbons (Fsp3) is 0.571. The summed E-state index contributed by atoms with van der Waals surface area (Å²) in [6, 6.07) is 6.83. The molecule has 1 atom stereocenters. The summed E-state index contributed by atoms with van der Waals surface area (Å²) in [5, 5.41) is 13.0. The molecule has 1 aliphatic carbocycles. The Bertz CT molecular complexity index is 382. The summed E-state index contributed by atoms with van der Waals surface area (Å²) >= 11 is 0. The Hall–Kier alpha value is -0.860. The van der Waals surface area contributed by atoms with E-state index in [1.54, 1.807) is 0 Å². The van der Waals surface area contributed by atoms with Crippen LogP contribution in [0.1, 0.15) is 35.4 Å². The molecule has 3 rings (SSSR count). The number of piperidine rings is 1. The average molecular weight is 217 g/mol. The molecule has 2 nitrogen and oxygen atoms in total. The first-order valence-corrected chi connectivity index (χ1v) is 6.33. The van der Waals surface area contributed by atoms with Crippen molar-refractivity contribution >= 4 is 0 Å². The van der Waals surface area contributed by atoms with Gasteiger partial charge in [-0.05, 0) is 61.4 Å². The Kier molecular flexibility index (Phi) is 2.70. The van der Waals surface area contributed by atoms with Gasteiger partial charge in [0, 0.05) is 0 Å². The van der Waals surface area contributed by atoms with Gasteiger partial charge in [0.2, 0.25) is 0 Å². The maximum Gasteiger partial charge on any atom is 0.0621 e. The highest BCUT2D eigenvalue weighted by molar-refractivity contribution is 5.38. The van der Waals surface area contributed by atoms with Crippen LogP contribution in [-0.4, -0.2) is 24.3 Å². The van der Waals surface area contributed by atoms with Gasteiger partial charge in [0.15, 0.2) is 0 Å². The van der Waals surface area contributed by atoms with Crippen molar-refractivity contribution in [1.29, 1.82) is 0 Å². The molecule has 1 fully saturated rings. The lowest BCUT2D eigenvalue weighted by molar-refractivity contribution is 0.187. The molecule has 0 radical (unpaired) electrons. The van der Waals surface area contributed by atoms with Crippen LogP contribution in [0.4, 0.5) is 0 Å². The quantitative estimate of drug-likeness (QED) is 0.749. The Morgan fingerprint density at radius 3 is 2.62 bits per heavy atom. The summed E-state index contributed by atoms with van der Waals surface area (Å²) in [5.41, 5.74) is 4.21. The zero-order valence-corrected chi connectivity index (χ0v) is 9.58. The van der Waals surface area contributed by atoms with Gasteiger partial charge in [0.05, 0.1) is 6.10 Å². The van der Waals surface area contributed by atoms with Crippen LogP contribution in [0.2, 0.25) is 0 Å². The van der Waals surface area contributed by atoms with Gasteiger partial charge >= 0.3 is 0 Å². The van der Waals surface area contributed by atoms with E-state index < -0.39 is 0 Å². The minimum absolute atomic E-state index is 0.140. The second-order valence-electron chi connectivity index (χ2n) is 5.11. The number of aliphatic hydroxyl groups excluding tert-OH is 1. The molecule has 2 aliphatic rings. The van der Waals surface area contributed by atoms with E-state index in [0.717, 1.165) is 31.8 Å². The van der Waals surface area contributed by atoms with Gasteiger partial charge in [0.25, 0.3) is 0 Å². The van der Waals surface area contributed by atoms with Crippen molar-refractivity contribution in [2.75, 3.05) is 13.1 Å². The maximum absolute atomic E-state index is 9.64. The van der Waals surface area contributed by atoms with Crippen molar-refractivity contribution in [2.45, 2.75) is 37.7 Å². The van der Waals surface area contributed by atoms with Crippen LogP contribution in [0.5, 0.6) is 0 Å². The van der Waals surface area contributed by atoms with Crippen LogP contribution < -0.4 is 5.32 Å². The summed E-state index contributed by atoms with van der Waals surface area (Å²) < 4.78 is 0. The molecule has 1 saturated heterocycles. The zero-order valence-electron chi connectivity index (χ0n) is 9.58. The van der Waals surface area contributed by atoms with Crippen LogP contribution in [0.15, 0.2) is 18.2 Å². The highest BCUT2D eigenvalue weighted by atomic mass is 16.3. The van der Waals surface area contributed by atoms with Gasteiger partial charge in [-0.25, -0.2) is 0 Å². The van der Waals surface area contributed by atoms with Crippen LogP contribution in [0.3, 0.4) is 0 Å². The normalized spacial score (nSPS) is 25.7. The lowest BCUT2D eigenvalue weighted by atomic mass is 9.88. The predicted molar refractivity (Wildman–Crippen MR) is 64.7 cm³/mol. The molecule has 16 heavy (non-hydrogen) atoms. The number of rotatable bonds is 1. The molecule has 0 aromatic heterocycles. The fourth-order valence-corrected chi connectivity index (χ4v) is 3.02. The number of nitrogens with one attached hydrogen (secondary N) is 1. The Labute approximate surface area is 96.7 Å². The van der Waals surface area contributed by atoms with Crippen molar-refractivity contribution in [3.63, 3.8) is 0 Å². The van der Waals surface area contributed by atoms with Gasteiger partial charge in [-0.3, -0.25) is 0 Å². The van der Waals surface area contributed by atoms with E-state index in [9.17, 15) is 5.11 Å². The van der Waals surface area contributed by atoms with Crippen molar-refractivity contribution in [3.05, 3.63) is 34.9 Å². The van der Waals surface area contributed by atoms with Gasteiger partial charge < -0.3 is 10.4 Å². The topological polar surface area (TPSA) is 32.3 Å². The SMILES string of the molecule is OC1Cc2ccc(C3CCNCC3)cc2C1. The molecule has 0 saturated carbocycles. The van der Waals surface area contributed by atoms with Crippen LogP contribution >= 0.6 is 0 Å². The molecular formula is C14H19NO. The van der Waals surface area contributed by atoms with E-state index in [1.165, 1.54) is 29.5 Å². The number of fused-ring (bicyclic) bond motifs is 1. The molecule has 1 heterocycles. The van der Waals surface area contributed by atoms with E-state index in [4.69, 9.17) is 0 Å². The second kappa shape index (κ2) is 4.19. The first-order chi connectivity index (χ1) is 7.83. The van der Waals surface area contributed by atoms with Crippen molar-refractivity contribution in [2.24, 2.45) is 0 Å². The molecule has 2 heteroatoms. The second-order valence-corrected chi connectivity index (χ2v) is 5.11. The summed E-state index contributed by atoms with van der Waals surface area (Å²) in [6.45, 7) is 2.29. The molecule has 2 N–H and O–H groups in total. The third kappa shape index (κ3) is 1.87. The van der Waals surface area contributed by atoms with Crippen molar-refractivity contribution in [1.82, 2.24) is 5.32 Å². The van der Waals surface area contributed by atoms with Gasteiger partial charge in [-0.1, -0.05) is 18.2 Å². The van der Waals surface area contributed by atoms with Crippen LogP contribution in [0.25, 0.3) is 0 Å². The van der Waals surface area contributed by atoms with Gasteiger partial charge in [-0.15, -0.1) is 0 Å². The van der Waals surface area contributed by atoms with E-state index in [-0.39, 0.29) is 6.10 Å². The summed E-state index contributed by atoms with van der Waals surface area (Å²) in [7, 11) is 0. The molecule has 1 unspecified atom stereocenters. The molecule has 86 valence electrons. The minimum atomic E-state index is -0.140. The third-order valence-electron chi connectivity index (χ3n) is 3.95. The Morgan fingerprint density at radius 1 is 1.06 bits per heavy atom. The monoisotopic (exact) mass is 217 g/mol. The standard InChI is InChI=1S/C14H19NO/c16-14-8-12-2-1-11(7-13(12)9-14)10-3-5-15-6-4-10/h1-2,7,10,14-16H,3-6,8-9H2. The summed E-state index contributed by atoms with van der Waals surface area (Å²) in [6.07, 6.45) is 4.07. The van der Waals surface area contributed by atoms with E-state index in [1.807, 2.05) is 0 Å². The van der Waals surface area contributed by atoms with Gasteiger partial charge in [0.1, 0.15) is 0 Å². The Morgan fingerprint density at radius 2 is 1.81 bits per heavy atom. The molecule has 0 spiro atoms. The smallest absolute Gasteiger partial charge is 0.0621 e. The molecule has 1 aromatic carbocycles. The van der Waals surface area contributed by atoms with Gasteiger partial charge in [-0.2, -0.15) is 0 Å². The highest BCUT2D eigenvalue weighted by Gasteiger charge is 2.21. The molecular weight excluding hydrogens is 198 g/mol. The van der Waals surface area contributed by atoms with E-state index in [0.29, 0.717) is 0 Å². The molecule has 0 amide bonds. The number of benzene rings is 1. The van der Waals surface area contributed by atoms with Crippen LogP contribution in [-0.2, 0) is 12.8 Å². The lowest BCUT2D eigenvalue weighted by Gasteiger charge is -2.23. The number of aliphatic hydroxyl groups is 1. The largest absolute Gasteiger partial charge is 0.392 e. The molecule has 0 bridgehead atoms. The number of hydrogen-bond acceptors (Lipinski definition) is 2. The third-order valence-corrected chi connectivity index (χ3v) is 3.95. The molecule has 1 aliphatic heterocycles. The Balaban J connectivity index is 1.84. The maximum atomic E-state index is 9.64. The average Bonchev–Trinajstić information content (AvgIpc) is 2.69. The zero-order chi connectivity index (χ0) is 11.0. The summed E-state index contributed by atoms with van der Waals surface area (Å²) in [5.74, 6) is 0.726. The highest BCUT2D eigenvalue weighted by Crippen LogP contribution is 2.30. The minimum Gasteiger partial charge on any atom is -0.392 e. The van der Waals surface area contributed by atoms with Crippen molar-refractivity contribution < 1.29 is 5.11 Å². The predicted octanol–water partition coefficient (Wildman–Crippen LogP) is 1.61. The number of hydrogen-bond donors (Lipinski definition) is 2. The van der Waals surface area contributed by atoms with Crippen LogP contribution in [0, 0.1) is 0 Å². The lowest BCUT2D eigenvalue weighted by Crippen LogP contribution is -2.26. The first-order valence-electron chi connectivity index (χ1n) is 6.33.